The quantitative estimate of drug-likeness (QED) is 0.740. The molecule has 3 aromatic rings. The van der Waals surface area contributed by atoms with E-state index < -0.39 is 6.10 Å². The largest absolute Gasteiger partial charge is 0.481 e. The standard InChI is InChI=1S/C20H18FN3O2/c1-14(26-18-5-3-2-4-6-18)20(25)22-12-17-11-19(24-13-23-17)15-7-9-16(21)10-8-15/h2-11,13-14H,12H2,1H3,(H,22,25). The van der Waals surface area contributed by atoms with Gasteiger partial charge in [0.2, 0.25) is 0 Å². The molecule has 0 aliphatic carbocycles. The van der Waals surface area contributed by atoms with Crippen LogP contribution in [0, 0.1) is 5.82 Å². The third-order valence-electron chi connectivity index (χ3n) is 3.73. The Morgan fingerprint density at radius 1 is 1.12 bits per heavy atom. The van der Waals surface area contributed by atoms with Gasteiger partial charge in [0.05, 0.1) is 17.9 Å². The smallest absolute Gasteiger partial charge is 0.261 e. The van der Waals surface area contributed by atoms with Crippen LogP contribution in [0.15, 0.2) is 67.0 Å². The summed E-state index contributed by atoms with van der Waals surface area (Å²) in [5, 5.41) is 2.79. The summed E-state index contributed by atoms with van der Waals surface area (Å²) in [7, 11) is 0. The lowest BCUT2D eigenvalue weighted by Crippen LogP contribution is -2.36. The number of carbonyl (C=O) groups excluding carboxylic acids is 1. The molecule has 1 heterocycles. The molecule has 132 valence electrons. The molecular formula is C20H18FN3O2. The number of rotatable bonds is 6. The van der Waals surface area contributed by atoms with Crippen molar-refractivity contribution in [2.24, 2.45) is 0 Å². The molecule has 6 heteroatoms. The minimum Gasteiger partial charge on any atom is -0.481 e. The normalized spacial score (nSPS) is 11.6. The van der Waals surface area contributed by atoms with Crippen molar-refractivity contribution in [1.29, 1.82) is 0 Å². The van der Waals surface area contributed by atoms with Crippen LogP contribution >= 0.6 is 0 Å². The third kappa shape index (κ3) is 4.63. The summed E-state index contributed by atoms with van der Waals surface area (Å²) in [5.74, 6) is 0.0919. The molecule has 1 N–H and O–H groups in total. The fraction of sp³-hybridized carbons (Fsp3) is 0.150. The highest BCUT2D eigenvalue weighted by Gasteiger charge is 2.14. The van der Waals surface area contributed by atoms with Crippen LogP contribution in [0.4, 0.5) is 4.39 Å². The van der Waals surface area contributed by atoms with Crippen LogP contribution in [0.3, 0.4) is 0 Å². The van der Waals surface area contributed by atoms with Crippen molar-refractivity contribution in [3.63, 3.8) is 0 Å². The molecule has 3 rings (SSSR count). The van der Waals surface area contributed by atoms with E-state index in [1.165, 1.54) is 18.5 Å². The number of nitrogens with one attached hydrogen (secondary N) is 1. The van der Waals surface area contributed by atoms with Crippen molar-refractivity contribution in [3.05, 3.63) is 78.5 Å². The molecule has 0 saturated carbocycles. The first-order valence-electron chi connectivity index (χ1n) is 8.18. The number of aromatic nitrogens is 2. The fourth-order valence-corrected chi connectivity index (χ4v) is 2.35. The summed E-state index contributed by atoms with van der Waals surface area (Å²) in [6, 6.07) is 17.0. The number of nitrogens with zero attached hydrogens (tertiary/aromatic N) is 2. The molecule has 0 radical (unpaired) electrons. The Morgan fingerprint density at radius 3 is 2.58 bits per heavy atom. The fourth-order valence-electron chi connectivity index (χ4n) is 2.35. The number of carbonyl (C=O) groups is 1. The van der Waals surface area contributed by atoms with Gasteiger partial charge in [-0.1, -0.05) is 18.2 Å². The molecule has 1 atom stereocenters. The monoisotopic (exact) mass is 351 g/mol. The Kier molecular flexibility index (Phi) is 5.53. The van der Waals surface area contributed by atoms with Crippen molar-refractivity contribution < 1.29 is 13.9 Å². The molecule has 0 saturated heterocycles. The average Bonchev–Trinajstić information content (AvgIpc) is 2.67. The summed E-state index contributed by atoms with van der Waals surface area (Å²) in [6.45, 7) is 1.93. The second-order valence-electron chi connectivity index (χ2n) is 5.69. The average molecular weight is 351 g/mol. The van der Waals surface area contributed by atoms with E-state index >= 15 is 0 Å². The first-order valence-corrected chi connectivity index (χ1v) is 8.18. The highest BCUT2D eigenvalue weighted by atomic mass is 19.1. The maximum absolute atomic E-state index is 13.0. The number of halogens is 1. The Bertz CT molecular complexity index is 870. The predicted molar refractivity (Wildman–Crippen MR) is 95.8 cm³/mol. The Balaban J connectivity index is 1.60. The van der Waals surface area contributed by atoms with Gasteiger partial charge in [0.1, 0.15) is 17.9 Å². The van der Waals surface area contributed by atoms with E-state index in [-0.39, 0.29) is 18.3 Å². The zero-order valence-corrected chi connectivity index (χ0v) is 14.2. The van der Waals surface area contributed by atoms with Crippen molar-refractivity contribution in [1.82, 2.24) is 15.3 Å². The molecule has 0 fully saturated rings. The third-order valence-corrected chi connectivity index (χ3v) is 3.73. The van der Waals surface area contributed by atoms with Gasteiger partial charge in [-0.2, -0.15) is 0 Å². The van der Waals surface area contributed by atoms with E-state index in [0.29, 0.717) is 17.1 Å². The summed E-state index contributed by atoms with van der Waals surface area (Å²) in [4.78, 5) is 20.5. The van der Waals surface area contributed by atoms with Gasteiger partial charge in [-0.3, -0.25) is 4.79 Å². The van der Waals surface area contributed by atoms with Gasteiger partial charge in [-0.15, -0.1) is 0 Å². The zero-order valence-electron chi connectivity index (χ0n) is 14.2. The lowest BCUT2D eigenvalue weighted by molar-refractivity contribution is -0.127. The van der Waals surface area contributed by atoms with Crippen molar-refractivity contribution in [2.75, 3.05) is 0 Å². The van der Waals surface area contributed by atoms with Gasteiger partial charge in [-0.25, -0.2) is 14.4 Å². The van der Waals surface area contributed by atoms with E-state index in [9.17, 15) is 9.18 Å². The predicted octanol–water partition coefficient (Wildman–Crippen LogP) is 3.37. The first-order chi connectivity index (χ1) is 12.6. The molecule has 0 spiro atoms. The summed E-state index contributed by atoms with van der Waals surface area (Å²) in [5.41, 5.74) is 2.10. The maximum Gasteiger partial charge on any atom is 0.261 e. The van der Waals surface area contributed by atoms with E-state index in [0.717, 1.165) is 5.56 Å². The molecule has 5 nitrogen and oxygen atoms in total. The molecular weight excluding hydrogens is 333 g/mol. The topological polar surface area (TPSA) is 64.1 Å². The number of benzene rings is 2. The van der Waals surface area contributed by atoms with Crippen molar-refractivity contribution >= 4 is 5.91 Å². The van der Waals surface area contributed by atoms with Crippen LogP contribution in [-0.2, 0) is 11.3 Å². The summed E-state index contributed by atoms with van der Waals surface area (Å²) in [6.07, 6.45) is 0.792. The lowest BCUT2D eigenvalue weighted by Gasteiger charge is -2.14. The molecule has 1 amide bonds. The molecule has 0 bridgehead atoms. The van der Waals surface area contributed by atoms with Crippen LogP contribution in [0.2, 0.25) is 0 Å². The molecule has 0 aliphatic heterocycles. The molecule has 1 unspecified atom stereocenters. The highest BCUT2D eigenvalue weighted by molar-refractivity contribution is 5.80. The van der Waals surface area contributed by atoms with E-state index in [1.54, 1.807) is 37.3 Å². The van der Waals surface area contributed by atoms with E-state index in [2.05, 4.69) is 15.3 Å². The molecule has 26 heavy (non-hydrogen) atoms. The van der Waals surface area contributed by atoms with Crippen LogP contribution in [0.1, 0.15) is 12.6 Å². The van der Waals surface area contributed by atoms with Crippen molar-refractivity contribution in [2.45, 2.75) is 19.6 Å². The molecule has 0 aliphatic rings. The number of hydrogen-bond acceptors (Lipinski definition) is 4. The Morgan fingerprint density at radius 2 is 1.85 bits per heavy atom. The van der Waals surface area contributed by atoms with Crippen LogP contribution in [0.25, 0.3) is 11.3 Å². The number of para-hydroxylation sites is 1. The number of hydrogen-bond donors (Lipinski definition) is 1. The van der Waals surface area contributed by atoms with Gasteiger partial charge < -0.3 is 10.1 Å². The minimum absolute atomic E-state index is 0.240. The van der Waals surface area contributed by atoms with Gasteiger partial charge in [0, 0.05) is 5.56 Å². The SMILES string of the molecule is CC(Oc1ccccc1)C(=O)NCc1cc(-c2ccc(F)cc2)ncn1. The summed E-state index contributed by atoms with van der Waals surface area (Å²) < 4.78 is 18.6. The maximum atomic E-state index is 13.0. The second kappa shape index (κ2) is 8.20. The van der Waals surface area contributed by atoms with Gasteiger partial charge in [0.15, 0.2) is 6.10 Å². The number of amides is 1. The van der Waals surface area contributed by atoms with Crippen LogP contribution < -0.4 is 10.1 Å². The van der Waals surface area contributed by atoms with Crippen molar-refractivity contribution in [3.8, 4) is 17.0 Å². The lowest BCUT2D eigenvalue weighted by atomic mass is 10.1. The minimum atomic E-state index is -0.629. The van der Waals surface area contributed by atoms with E-state index in [4.69, 9.17) is 4.74 Å². The van der Waals surface area contributed by atoms with Gasteiger partial charge in [-0.05, 0) is 49.4 Å². The Labute approximate surface area is 150 Å². The zero-order chi connectivity index (χ0) is 18.4. The van der Waals surface area contributed by atoms with Crippen LogP contribution in [0.5, 0.6) is 5.75 Å². The van der Waals surface area contributed by atoms with Gasteiger partial charge >= 0.3 is 0 Å². The van der Waals surface area contributed by atoms with Crippen LogP contribution in [-0.4, -0.2) is 22.0 Å². The molecule has 1 aromatic heterocycles. The first kappa shape index (κ1) is 17.5. The van der Waals surface area contributed by atoms with E-state index in [1.807, 2.05) is 18.2 Å². The highest BCUT2D eigenvalue weighted by Crippen LogP contribution is 2.17. The number of ether oxygens (including phenoxy) is 1. The second-order valence-corrected chi connectivity index (χ2v) is 5.69. The Hall–Kier alpha value is -3.28. The van der Waals surface area contributed by atoms with Gasteiger partial charge in [0.25, 0.3) is 5.91 Å². The summed E-state index contributed by atoms with van der Waals surface area (Å²) >= 11 is 0. The molecule has 2 aromatic carbocycles.